The summed E-state index contributed by atoms with van der Waals surface area (Å²) >= 11 is 0. The van der Waals surface area contributed by atoms with Crippen LogP contribution >= 0.6 is 0 Å². The van der Waals surface area contributed by atoms with Gasteiger partial charge in [-0.2, -0.15) is 13.2 Å². The first kappa shape index (κ1) is 15.6. The fraction of sp³-hybridized carbons (Fsp3) is 0.923. The first-order valence-electron chi connectivity index (χ1n) is 6.87. The molecule has 0 bridgehead atoms. The fourth-order valence-corrected chi connectivity index (χ4v) is 2.75. The first-order chi connectivity index (χ1) is 9.36. The Kier molecular flexibility index (Phi) is 4.90. The predicted molar refractivity (Wildman–Crippen MR) is 62.5 cm³/mol. The zero-order valence-corrected chi connectivity index (χ0v) is 11.3. The van der Waals surface area contributed by atoms with Gasteiger partial charge in [-0.15, -0.1) is 0 Å². The molecule has 0 amide bonds. The third kappa shape index (κ3) is 4.09. The molecule has 2 fully saturated rings. The van der Waals surface area contributed by atoms with E-state index in [1.165, 1.54) is 0 Å². The highest BCUT2D eigenvalue weighted by atomic mass is 19.4. The standard InChI is InChI=1S/C13H19F3O4/c1-8-2-4-9(5-3-8)10-6-18-12(19-7-10)20-11(17)13(14,15)16/h8-10,12H,2-7H2,1H3. The molecule has 20 heavy (non-hydrogen) atoms. The van der Waals surface area contributed by atoms with Crippen LogP contribution in [0.5, 0.6) is 0 Å². The van der Waals surface area contributed by atoms with Crippen molar-refractivity contribution in [1.29, 1.82) is 0 Å². The Labute approximate surface area is 115 Å². The van der Waals surface area contributed by atoms with Gasteiger partial charge in [0.05, 0.1) is 13.2 Å². The van der Waals surface area contributed by atoms with E-state index in [2.05, 4.69) is 11.7 Å². The molecule has 2 aliphatic rings. The van der Waals surface area contributed by atoms with Crippen molar-refractivity contribution in [3.8, 4) is 0 Å². The molecule has 1 saturated heterocycles. The van der Waals surface area contributed by atoms with E-state index in [0.717, 1.165) is 31.6 Å². The molecule has 0 spiro atoms. The lowest BCUT2D eigenvalue weighted by Gasteiger charge is -2.36. The van der Waals surface area contributed by atoms with Gasteiger partial charge in [0.2, 0.25) is 0 Å². The molecule has 0 aromatic carbocycles. The van der Waals surface area contributed by atoms with E-state index in [0.29, 0.717) is 5.92 Å². The van der Waals surface area contributed by atoms with Gasteiger partial charge in [-0.25, -0.2) is 4.79 Å². The largest absolute Gasteiger partial charge is 0.491 e. The molecular weight excluding hydrogens is 277 g/mol. The van der Waals surface area contributed by atoms with Crippen molar-refractivity contribution >= 4 is 5.97 Å². The third-order valence-electron chi connectivity index (χ3n) is 4.05. The molecule has 0 unspecified atom stereocenters. The smallest absolute Gasteiger partial charge is 0.404 e. The van der Waals surface area contributed by atoms with Gasteiger partial charge in [0.1, 0.15) is 0 Å². The SMILES string of the molecule is CC1CCC(C2COC(OC(=O)C(F)(F)F)OC2)CC1. The number of hydrogen-bond donors (Lipinski definition) is 0. The van der Waals surface area contributed by atoms with Gasteiger partial charge < -0.3 is 14.2 Å². The number of esters is 1. The summed E-state index contributed by atoms with van der Waals surface area (Å²) in [6.45, 7) is 1.23. The number of ether oxygens (including phenoxy) is 3. The van der Waals surface area contributed by atoms with Crippen LogP contribution in [0, 0.1) is 17.8 Å². The minimum Gasteiger partial charge on any atom is -0.404 e. The molecule has 7 heteroatoms. The molecule has 1 aliphatic heterocycles. The van der Waals surface area contributed by atoms with Crippen LogP contribution in [0.1, 0.15) is 32.6 Å². The van der Waals surface area contributed by atoms with Crippen LogP contribution in [-0.2, 0) is 19.0 Å². The highest BCUT2D eigenvalue weighted by molar-refractivity contribution is 5.75. The number of hydrogen-bond acceptors (Lipinski definition) is 4. The summed E-state index contributed by atoms with van der Waals surface area (Å²) < 4.78 is 50.3. The number of carbonyl (C=O) groups is 1. The molecule has 116 valence electrons. The van der Waals surface area contributed by atoms with Gasteiger partial charge in [0.25, 0.3) is 0 Å². The van der Waals surface area contributed by atoms with Gasteiger partial charge in [-0.05, 0) is 24.7 Å². The Hall–Kier alpha value is -0.820. The maximum Gasteiger partial charge on any atom is 0.491 e. The quantitative estimate of drug-likeness (QED) is 0.735. The first-order valence-corrected chi connectivity index (χ1v) is 6.87. The van der Waals surface area contributed by atoms with E-state index in [1.807, 2.05) is 0 Å². The summed E-state index contributed by atoms with van der Waals surface area (Å²) in [7, 11) is 0. The topological polar surface area (TPSA) is 44.8 Å². The summed E-state index contributed by atoms with van der Waals surface area (Å²) in [5, 5.41) is 0. The molecule has 0 aromatic heterocycles. The van der Waals surface area contributed by atoms with E-state index in [4.69, 9.17) is 9.47 Å². The van der Waals surface area contributed by atoms with Crippen molar-refractivity contribution in [2.75, 3.05) is 13.2 Å². The summed E-state index contributed by atoms with van der Waals surface area (Å²) in [5.41, 5.74) is 0. The zero-order valence-electron chi connectivity index (χ0n) is 11.3. The van der Waals surface area contributed by atoms with Crippen LogP contribution in [0.2, 0.25) is 0 Å². The molecule has 1 aliphatic carbocycles. The number of halogens is 3. The van der Waals surface area contributed by atoms with E-state index < -0.39 is 18.6 Å². The van der Waals surface area contributed by atoms with Crippen molar-refractivity contribution < 1.29 is 32.2 Å². The molecule has 4 nitrogen and oxygen atoms in total. The summed E-state index contributed by atoms with van der Waals surface area (Å²) in [6, 6.07) is 0. The Balaban J connectivity index is 1.74. The Bertz CT molecular complexity index is 329. The summed E-state index contributed by atoms with van der Waals surface area (Å²) in [6.07, 6.45) is -0.526. The van der Waals surface area contributed by atoms with Crippen LogP contribution < -0.4 is 0 Å². The van der Waals surface area contributed by atoms with Crippen molar-refractivity contribution in [3.05, 3.63) is 0 Å². The highest BCUT2D eigenvalue weighted by Gasteiger charge is 2.43. The number of rotatable bonds is 2. The lowest BCUT2D eigenvalue weighted by atomic mass is 9.77. The van der Waals surface area contributed by atoms with Crippen molar-refractivity contribution in [1.82, 2.24) is 0 Å². The van der Waals surface area contributed by atoms with Gasteiger partial charge in [0, 0.05) is 5.92 Å². The van der Waals surface area contributed by atoms with E-state index in [9.17, 15) is 18.0 Å². The summed E-state index contributed by atoms with van der Waals surface area (Å²) in [5.74, 6) is -0.904. The van der Waals surface area contributed by atoms with Gasteiger partial charge in [-0.1, -0.05) is 19.8 Å². The van der Waals surface area contributed by atoms with E-state index in [-0.39, 0.29) is 19.1 Å². The van der Waals surface area contributed by atoms with Crippen LogP contribution in [0.15, 0.2) is 0 Å². The molecule has 0 aromatic rings. The van der Waals surface area contributed by atoms with Gasteiger partial charge >= 0.3 is 18.6 Å². The monoisotopic (exact) mass is 296 g/mol. The van der Waals surface area contributed by atoms with E-state index >= 15 is 0 Å². The average molecular weight is 296 g/mol. The molecule has 2 rings (SSSR count). The predicted octanol–water partition coefficient (Wildman–Crippen LogP) is 2.86. The van der Waals surface area contributed by atoms with Crippen LogP contribution in [0.4, 0.5) is 13.2 Å². The Morgan fingerprint density at radius 3 is 2.10 bits per heavy atom. The second kappa shape index (κ2) is 6.30. The molecule has 0 radical (unpaired) electrons. The highest BCUT2D eigenvalue weighted by Crippen LogP contribution is 2.35. The molecule has 1 saturated carbocycles. The summed E-state index contributed by atoms with van der Waals surface area (Å²) in [4.78, 5) is 10.6. The van der Waals surface area contributed by atoms with Crippen LogP contribution in [-0.4, -0.2) is 31.8 Å². The lowest BCUT2D eigenvalue weighted by Crippen LogP contribution is -2.41. The zero-order chi connectivity index (χ0) is 14.8. The van der Waals surface area contributed by atoms with Crippen molar-refractivity contribution in [2.45, 2.75) is 45.3 Å². The maximum absolute atomic E-state index is 12.0. The lowest BCUT2D eigenvalue weighted by molar-refractivity contribution is -0.324. The second-order valence-electron chi connectivity index (χ2n) is 5.64. The van der Waals surface area contributed by atoms with Crippen molar-refractivity contribution in [2.24, 2.45) is 17.8 Å². The molecular formula is C13H19F3O4. The average Bonchev–Trinajstić information content (AvgIpc) is 2.39. The fourth-order valence-electron chi connectivity index (χ4n) is 2.75. The van der Waals surface area contributed by atoms with Crippen LogP contribution in [0.25, 0.3) is 0 Å². The third-order valence-corrected chi connectivity index (χ3v) is 4.05. The Morgan fingerprint density at radius 2 is 1.60 bits per heavy atom. The van der Waals surface area contributed by atoms with Crippen molar-refractivity contribution in [3.63, 3.8) is 0 Å². The molecule has 0 atom stereocenters. The number of carbonyl (C=O) groups excluding carboxylic acids is 1. The minimum atomic E-state index is -5.02. The van der Waals surface area contributed by atoms with Gasteiger partial charge in [-0.3, -0.25) is 0 Å². The Morgan fingerprint density at radius 1 is 1.05 bits per heavy atom. The minimum absolute atomic E-state index is 0.170. The van der Waals surface area contributed by atoms with E-state index in [1.54, 1.807) is 0 Å². The normalized spacial score (nSPS) is 35.6. The second-order valence-corrected chi connectivity index (χ2v) is 5.64. The molecule has 0 N–H and O–H groups in total. The molecule has 1 heterocycles. The number of alkyl halides is 3. The van der Waals surface area contributed by atoms with Crippen LogP contribution in [0.3, 0.4) is 0 Å². The maximum atomic E-state index is 12.0. The van der Waals surface area contributed by atoms with Gasteiger partial charge in [0.15, 0.2) is 0 Å².